The highest BCUT2D eigenvalue weighted by molar-refractivity contribution is 7.07. The van der Waals surface area contributed by atoms with Crippen LogP contribution in [0.5, 0.6) is 0 Å². The molecule has 0 aliphatic rings. The first kappa shape index (κ1) is 13.2. The van der Waals surface area contributed by atoms with Gasteiger partial charge in [0.1, 0.15) is 5.69 Å². The lowest BCUT2D eigenvalue weighted by molar-refractivity contribution is 0.354. The van der Waals surface area contributed by atoms with E-state index in [-0.39, 0.29) is 0 Å². The van der Waals surface area contributed by atoms with E-state index >= 15 is 0 Å². The third-order valence-electron chi connectivity index (χ3n) is 3.05. The van der Waals surface area contributed by atoms with Crippen molar-refractivity contribution < 1.29 is 4.52 Å². The van der Waals surface area contributed by atoms with Gasteiger partial charge in [0.2, 0.25) is 11.7 Å². The van der Waals surface area contributed by atoms with E-state index in [1.165, 1.54) is 11.3 Å². The monoisotopic (exact) mass is 266 g/mol. The van der Waals surface area contributed by atoms with Crippen LogP contribution in [0.2, 0.25) is 0 Å². The van der Waals surface area contributed by atoms with Gasteiger partial charge >= 0.3 is 0 Å². The van der Waals surface area contributed by atoms with Crippen LogP contribution in [0.4, 0.5) is 0 Å². The smallest absolute Gasteiger partial charge is 0.227 e. The Morgan fingerprint density at radius 2 is 2.33 bits per heavy atom. The molecule has 2 rings (SSSR count). The number of thiazole rings is 1. The quantitative estimate of drug-likeness (QED) is 0.833. The zero-order valence-electron chi connectivity index (χ0n) is 10.5. The van der Waals surface area contributed by atoms with Gasteiger partial charge in [0, 0.05) is 11.8 Å². The van der Waals surface area contributed by atoms with Crippen molar-refractivity contribution in [3.05, 3.63) is 16.8 Å². The SMILES string of the molecule is CCC(CCN)CCc1nc(-c2cscn2)no1. The summed E-state index contributed by atoms with van der Waals surface area (Å²) in [4.78, 5) is 8.51. The molecule has 6 heteroatoms. The Morgan fingerprint density at radius 3 is 3.00 bits per heavy atom. The Balaban J connectivity index is 1.91. The lowest BCUT2D eigenvalue weighted by atomic mass is 9.97. The first-order valence-corrected chi connectivity index (χ1v) is 7.19. The molecular formula is C12H18N4OS. The maximum absolute atomic E-state index is 5.58. The minimum Gasteiger partial charge on any atom is -0.339 e. The van der Waals surface area contributed by atoms with Gasteiger partial charge in [0.15, 0.2) is 0 Å². The predicted octanol–water partition coefficient (Wildman–Crippen LogP) is 2.50. The summed E-state index contributed by atoms with van der Waals surface area (Å²) in [6.07, 6.45) is 4.07. The lowest BCUT2D eigenvalue weighted by Crippen LogP contribution is -2.09. The Kier molecular flexibility index (Phi) is 4.83. The molecule has 0 spiro atoms. The molecule has 0 fully saturated rings. The molecule has 0 aromatic carbocycles. The van der Waals surface area contributed by atoms with E-state index in [0.717, 1.165) is 37.9 Å². The zero-order valence-corrected chi connectivity index (χ0v) is 11.3. The summed E-state index contributed by atoms with van der Waals surface area (Å²) in [7, 11) is 0. The van der Waals surface area contributed by atoms with Crippen LogP contribution < -0.4 is 5.73 Å². The van der Waals surface area contributed by atoms with Crippen LogP contribution in [0.1, 0.15) is 32.1 Å². The van der Waals surface area contributed by atoms with Crippen LogP contribution in [0.3, 0.4) is 0 Å². The third-order valence-corrected chi connectivity index (χ3v) is 3.63. The molecule has 18 heavy (non-hydrogen) atoms. The Morgan fingerprint density at radius 1 is 1.44 bits per heavy atom. The minimum atomic E-state index is 0.582. The van der Waals surface area contributed by atoms with E-state index in [1.54, 1.807) is 5.51 Å². The molecule has 98 valence electrons. The number of hydrogen-bond donors (Lipinski definition) is 1. The number of nitrogens with zero attached hydrogens (tertiary/aromatic N) is 3. The van der Waals surface area contributed by atoms with E-state index < -0.39 is 0 Å². The van der Waals surface area contributed by atoms with Crippen molar-refractivity contribution in [3.8, 4) is 11.5 Å². The van der Waals surface area contributed by atoms with Crippen molar-refractivity contribution in [3.63, 3.8) is 0 Å². The molecule has 0 bridgehead atoms. The lowest BCUT2D eigenvalue weighted by Gasteiger charge is -2.11. The molecular weight excluding hydrogens is 248 g/mol. The molecule has 5 nitrogen and oxygen atoms in total. The average Bonchev–Trinajstić information content (AvgIpc) is 3.04. The Bertz CT molecular complexity index is 454. The van der Waals surface area contributed by atoms with Crippen molar-refractivity contribution in [1.29, 1.82) is 0 Å². The van der Waals surface area contributed by atoms with Gasteiger partial charge < -0.3 is 10.3 Å². The van der Waals surface area contributed by atoms with E-state index in [9.17, 15) is 0 Å². The third kappa shape index (κ3) is 3.36. The summed E-state index contributed by atoms with van der Waals surface area (Å²) < 4.78 is 5.23. The van der Waals surface area contributed by atoms with Crippen molar-refractivity contribution >= 4 is 11.3 Å². The van der Waals surface area contributed by atoms with Gasteiger partial charge in [-0.2, -0.15) is 4.98 Å². The van der Waals surface area contributed by atoms with Gasteiger partial charge in [-0.3, -0.25) is 0 Å². The Hall–Kier alpha value is -1.27. The summed E-state index contributed by atoms with van der Waals surface area (Å²) in [6.45, 7) is 2.93. The standard InChI is InChI=1S/C12H18N4OS/c1-2-9(5-6-13)3-4-11-15-12(16-17-11)10-7-18-8-14-10/h7-9H,2-6,13H2,1H3. The molecule has 2 N–H and O–H groups in total. The number of aromatic nitrogens is 3. The maximum Gasteiger partial charge on any atom is 0.227 e. The van der Waals surface area contributed by atoms with Gasteiger partial charge in [-0.15, -0.1) is 11.3 Å². The highest BCUT2D eigenvalue weighted by Crippen LogP contribution is 2.18. The second kappa shape index (κ2) is 6.61. The minimum absolute atomic E-state index is 0.582. The fourth-order valence-electron chi connectivity index (χ4n) is 1.90. The van der Waals surface area contributed by atoms with Gasteiger partial charge in [0.25, 0.3) is 0 Å². The average molecular weight is 266 g/mol. The largest absolute Gasteiger partial charge is 0.339 e. The molecule has 0 radical (unpaired) electrons. The van der Waals surface area contributed by atoms with E-state index in [2.05, 4.69) is 22.0 Å². The van der Waals surface area contributed by atoms with Gasteiger partial charge in [-0.25, -0.2) is 4.98 Å². The first-order valence-electron chi connectivity index (χ1n) is 6.24. The van der Waals surface area contributed by atoms with Crippen LogP contribution in [-0.4, -0.2) is 21.7 Å². The van der Waals surface area contributed by atoms with Gasteiger partial charge in [0.05, 0.1) is 5.51 Å². The summed E-state index contributed by atoms with van der Waals surface area (Å²) in [5.74, 6) is 1.91. The summed E-state index contributed by atoms with van der Waals surface area (Å²) in [6, 6.07) is 0. The molecule has 2 aromatic heterocycles. The van der Waals surface area contributed by atoms with Crippen LogP contribution in [0.25, 0.3) is 11.5 Å². The Labute approximate surface area is 110 Å². The van der Waals surface area contributed by atoms with Crippen LogP contribution >= 0.6 is 11.3 Å². The highest BCUT2D eigenvalue weighted by Gasteiger charge is 2.12. The van der Waals surface area contributed by atoms with Crippen LogP contribution in [-0.2, 0) is 6.42 Å². The van der Waals surface area contributed by atoms with Gasteiger partial charge in [-0.05, 0) is 25.3 Å². The molecule has 0 aliphatic heterocycles. The summed E-state index contributed by atoms with van der Waals surface area (Å²) >= 11 is 1.53. The number of aryl methyl sites for hydroxylation is 1. The van der Waals surface area contributed by atoms with Crippen molar-refractivity contribution in [2.75, 3.05) is 6.54 Å². The van der Waals surface area contributed by atoms with E-state index in [1.807, 2.05) is 5.38 Å². The predicted molar refractivity (Wildman–Crippen MR) is 71.2 cm³/mol. The topological polar surface area (TPSA) is 77.8 Å². The van der Waals surface area contributed by atoms with Crippen LogP contribution in [0, 0.1) is 5.92 Å². The van der Waals surface area contributed by atoms with Crippen molar-refractivity contribution in [2.24, 2.45) is 11.7 Å². The fraction of sp³-hybridized carbons (Fsp3) is 0.583. The molecule has 0 aliphatic carbocycles. The van der Waals surface area contributed by atoms with Crippen molar-refractivity contribution in [2.45, 2.75) is 32.6 Å². The normalized spacial score (nSPS) is 12.8. The molecule has 2 aromatic rings. The van der Waals surface area contributed by atoms with E-state index in [0.29, 0.717) is 17.6 Å². The number of rotatable bonds is 7. The summed E-state index contributed by atoms with van der Waals surface area (Å²) in [5, 5.41) is 5.86. The highest BCUT2D eigenvalue weighted by atomic mass is 32.1. The zero-order chi connectivity index (χ0) is 12.8. The number of nitrogens with two attached hydrogens (primary N) is 1. The summed E-state index contributed by atoms with van der Waals surface area (Å²) in [5.41, 5.74) is 8.13. The molecule has 2 heterocycles. The molecule has 0 saturated heterocycles. The molecule has 0 amide bonds. The fourth-order valence-corrected chi connectivity index (χ4v) is 2.43. The number of hydrogen-bond acceptors (Lipinski definition) is 6. The molecule has 1 unspecified atom stereocenters. The molecule has 0 saturated carbocycles. The van der Waals surface area contributed by atoms with Crippen molar-refractivity contribution in [1.82, 2.24) is 15.1 Å². The van der Waals surface area contributed by atoms with Gasteiger partial charge in [-0.1, -0.05) is 18.5 Å². The van der Waals surface area contributed by atoms with E-state index in [4.69, 9.17) is 10.3 Å². The van der Waals surface area contributed by atoms with Crippen LogP contribution in [0.15, 0.2) is 15.4 Å². The maximum atomic E-state index is 5.58. The first-order chi connectivity index (χ1) is 8.83. The second-order valence-corrected chi connectivity index (χ2v) is 4.99. The second-order valence-electron chi connectivity index (χ2n) is 4.28. The molecule has 1 atom stereocenters.